The Labute approximate surface area is 203 Å². The largest absolute Gasteiger partial charge is 0.506 e. The highest BCUT2D eigenvalue weighted by Gasteiger charge is 2.25. The number of amidine groups is 1. The third kappa shape index (κ3) is 5.19. The molecule has 3 rings (SSSR count). The summed E-state index contributed by atoms with van der Waals surface area (Å²) in [6, 6.07) is 12.6. The lowest BCUT2D eigenvalue weighted by molar-refractivity contribution is 0.414. The lowest BCUT2D eigenvalue weighted by Crippen LogP contribution is -2.13. The van der Waals surface area contributed by atoms with Gasteiger partial charge in [-0.2, -0.15) is 8.42 Å². The average Bonchev–Trinajstić information content (AvgIpc) is 2.79. The summed E-state index contributed by atoms with van der Waals surface area (Å²) >= 11 is 5.81. The number of nitrogens with zero attached hydrogens (tertiary/aromatic N) is 1. The molecule has 2 N–H and O–H groups in total. The summed E-state index contributed by atoms with van der Waals surface area (Å²) in [6.45, 7) is 4.68. The first-order valence-corrected chi connectivity index (χ1v) is 13.2. The topological polar surface area (TPSA) is 122 Å². The van der Waals surface area contributed by atoms with Gasteiger partial charge in [0.15, 0.2) is 0 Å². The zero-order valence-corrected chi connectivity index (χ0v) is 21.2. The molecular weight excluding hydrogens is 500 g/mol. The number of aromatic hydroxyl groups is 1. The van der Waals surface area contributed by atoms with Crippen molar-refractivity contribution in [2.45, 2.75) is 35.5 Å². The minimum atomic E-state index is -4.09. The Morgan fingerprint density at radius 3 is 2.06 bits per heavy atom. The van der Waals surface area contributed by atoms with Crippen molar-refractivity contribution in [3.8, 4) is 11.5 Å². The highest BCUT2D eigenvalue weighted by Crippen LogP contribution is 2.37. The van der Waals surface area contributed by atoms with Crippen LogP contribution in [0.15, 0.2) is 73.7 Å². The van der Waals surface area contributed by atoms with Crippen molar-refractivity contribution in [1.29, 1.82) is 0 Å². The van der Waals surface area contributed by atoms with E-state index in [0.29, 0.717) is 21.9 Å². The number of sulfone groups is 1. The molecule has 0 radical (unpaired) electrons. The molecule has 0 saturated carbocycles. The van der Waals surface area contributed by atoms with Crippen molar-refractivity contribution in [1.82, 2.24) is 0 Å². The van der Waals surface area contributed by atoms with Gasteiger partial charge in [-0.3, -0.25) is 0 Å². The van der Waals surface area contributed by atoms with Crippen molar-refractivity contribution in [2.24, 2.45) is 4.40 Å². The molecule has 0 aliphatic rings. The predicted molar refractivity (Wildman–Crippen MR) is 131 cm³/mol. The number of anilines is 1. The molecule has 34 heavy (non-hydrogen) atoms. The molecular formula is C23H23ClN2O6S2. The second-order valence-electron chi connectivity index (χ2n) is 7.43. The molecule has 3 aromatic carbocycles. The van der Waals surface area contributed by atoms with Gasteiger partial charge in [0.25, 0.3) is 10.0 Å². The van der Waals surface area contributed by atoms with Gasteiger partial charge in [0.05, 0.1) is 16.9 Å². The van der Waals surface area contributed by atoms with E-state index in [9.17, 15) is 21.9 Å². The Bertz CT molecular complexity index is 1470. The summed E-state index contributed by atoms with van der Waals surface area (Å²) in [7, 11) is -6.65. The van der Waals surface area contributed by atoms with Crippen LogP contribution < -0.4 is 10.1 Å². The highest BCUT2D eigenvalue weighted by atomic mass is 35.5. The molecule has 180 valence electrons. The maximum Gasteiger partial charge on any atom is 0.283 e. The average molecular weight is 523 g/mol. The SMILES string of the molecule is COc1ccc(S(=O)(=O)c2cc(NC(C)=NS(=O)(=O)c3ccc(Cl)cc3)c(C)c(C)c2O)cc1. The lowest BCUT2D eigenvalue weighted by atomic mass is 10.1. The van der Waals surface area contributed by atoms with Crippen LogP contribution in [-0.2, 0) is 19.9 Å². The van der Waals surface area contributed by atoms with E-state index >= 15 is 0 Å². The van der Waals surface area contributed by atoms with Gasteiger partial charge >= 0.3 is 0 Å². The van der Waals surface area contributed by atoms with E-state index in [2.05, 4.69) is 9.71 Å². The van der Waals surface area contributed by atoms with Gasteiger partial charge in [-0.25, -0.2) is 8.42 Å². The van der Waals surface area contributed by atoms with Crippen LogP contribution in [0.5, 0.6) is 11.5 Å². The molecule has 0 saturated heterocycles. The molecule has 0 aliphatic carbocycles. The summed E-state index contributed by atoms with van der Waals surface area (Å²) in [6.07, 6.45) is 0. The smallest absolute Gasteiger partial charge is 0.283 e. The first-order chi connectivity index (χ1) is 15.9. The number of halogens is 1. The molecule has 0 spiro atoms. The van der Waals surface area contributed by atoms with Gasteiger partial charge < -0.3 is 15.2 Å². The van der Waals surface area contributed by atoms with Crippen LogP contribution in [0.25, 0.3) is 0 Å². The molecule has 11 heteroatoms. The van der Waals surface area contributed by atoms with E-state index in [1.165, 1.54) is 68.6 Å². The van der Waals surface area contributed by atoms with Crippen LogP contribution in [0.1, 0.15) is 18.1 Å². The molecule has 0 aliphatic heterocycles. The molecule has 0 atom stereocenters. The fourth-order valence-corrected chi connectivity index (χ4v) is 5.69. The normalized spacial score (nSPS) is 12.4. The standard InChI is InChI=1S/C23H23ClN2O6S2/c1-14-15(2)23(27)22(33(28,29)19-11-7-18(32-4)8-12-19)13-21(14)25-16(3)26-34(30,31)20-9-5-17(24)6-10-20/h5-13,27H,1-4H3,(H,25,26). The monoisotopic (exact) mass is 522 g/mol. The van der Waals surface area contributed by atoms with Gasteiger partial charge in [-0.05, 0) is 86.5 Å². The van der Waals surface area contributed by atoms with Gasteiger partial charge in [-0.1, -0.05) is 11.6 Å². The number of phenolic OH excluding ortho intramolecular Hbond substituents is 1. The number of hydrogen-bond donors (Lipinski definition) is 2. The first-order valence-electron chi connectivity index (χ1n) is 9.93. The Balaban J connectivity index is 2.03. The van der Waals surface area contributed by atoms with Crippen LogP contribution in [0.3, 0.4) is 0 Å². The van der Waals surface area contributed by atoms with Crippen molar-refractivity contribution in [3.05, 3.63) is 70.7 Å². The van der Waals surface area contributed by atoms with Crippen LogP contribution in [0.4, 0.5) is 5.69 Å². The summed E-state index contributed by atoms with van der Waals surface area (Å²) in [5.41, 5.74) is 1.14. The zero-order chi connectivity index (χ0) is 25.3. The second kappa shape index (κ2) is 9.65. The van der Waals surface area contributed by atoms with Crippen molar-refractivity contribution < 1.29 is 26.7 Å². The molecule has 0 amide bonds. The Kier molecular flexibility index (Phi) is 7.25. The number of methoxy groups -OCH3 is 1. The van der Waals surface area contributed by atoms with Gasteiger partial charge in [0.2, 0.25) is 9.84 Å². The van der Waals surface area contributed by atoms with E-state index in [4.69, 9.17) is 16.3 Å². The van der Waals surface area contributed by atoms with E-state index in [0.717, 1.165) is 0 Å². The number of hydrogen-bond acceptors (Lipinski definition) is 6. The fourth-order valence-electron chi connectivity index (χ4n) is 3.15. The number of rotatable bonds is 6. The number of phenols is 1. The molecule has 0 bridgehead atoms. The molecule has 0 unspecified atom stereocenters. The zero-order valence-electron chi connectivity index (χ0n) is 18.8. The first kappa shape index (κ1) is 25.5. The van der Waals surface area contributed by atoms with E-state index < -0.39 is 19.9 Å². The Morgan fingerprint density at radius 1 is 0.941 bits per heavy atom. The van der Waals surface area contributed by atoms with Crippen molar-refractivity contribution in [3.63, 3.8) is 0 Å². The minimum absolute atomic E-state index is 0.0101. The van der Waals surface area contributed by atoms with Gasteiger partial charge in [0, 0.05) is 10.7 Å². The molecule has 0 fully saturated rings. The van der Waals surface area contributed by atoms with E-state index in [1.54, 1.807) is 13.8 Å². The summed E-state index contributed by atoms with van der Waals surface area (Å²) in [4.78, 5) is -0.399. The number of benzene rings is 3. The lowest BCUT2D eigenvalue weighted by Gasteiger charge is -2.17. The number of ether oxygens (including phenoxy) is 1. The number of sulfonamides is 1. The third-order valence-corrected chi connectivity index (χ3v) is 8.59. The van der Waals surface area contributed by atoms with E-state index in [1.807, 2.05) is 0 Å². The molecule has 8 nitrogen and oxygen atoms in total. The summed E-state index contributed by atoms with van der Waals surface area (Å²) in [5, 5.41) is 13.9. The summed E-state index contributed by atoms with van der Waals surface area (Å²) in [5.74, 6) is 0.109. The van der Waals surface area contributed by atoms with Crippen LogP contribution >= 0.6 is 11.6 Å². The fraction of sp³-hybridized carbons (Fsp3) is 0.174. The van der Waals surface area contributed by atoms with Crippen LogP contribution in [-0.4, -0.2) is 34.9 Å². The van der Waals surface area contributed by atoms with E-state index in [-0.39, 0.29) is 32.0 Å². The maximum atomic E-state index is 13.2. The minimum Gasteiger partial charge on any atom is -0.506 e. The molecule has 3 aromatic rings. The van der Waals surface area contributed by atoms with Crippen molar-refractivity contribution in [2.75, 3.05) is 12.4 Å². The Morgan fingerprint density at radius 2 is 1.50 bits per heavy atom. The van der Waals surface area contributed by atoms with Crippen LogP contribution in [0.2, 0.25) is 5.02 Å². The predicted octanol–water partition coefficient (Wildman–Crippen LogP) is 4.72. The third-order valence-electron chi connectivity index (χ3n) is 5.17. The van der Waals surface area contributed by atoms with Gasteiger partial charge in [0.1, 0.15) is 22.2 Å². The van der Waals surface area contributed by atoms with Crippen LogP contribution in [0, 0.1) is 13.8 Å². The molecule has 0 aromatic heterocycles. The quantitative estimate of drug-likeness (QED) is 0.273. The number of nitrogens with one attached hydrogen (secondary N) is 1. The molecule has 0 heterocycles. The second-order valence-corrected chi connectivity index (χ2v) is 11.4. The maximum absolute atomic E-state index is 13.2. The Hall–Kier alpha value is -3.08. The van der Waals surface area contributed by atoms with Gasteiger partial charge in [-0.15, -0.1) is 4.40 Å². The highest BCUT2D eigenvalue weighted by molar-refractivity contribution is 7.91. The summed E-state index contributed by atoms with van der Waals surface area (Å²) < 4.78 is 60.5. The van der Waals surface area contributed by atoms with Crippen molar-refractivity contribution >= 4 is 43.0 Å².